The van der Waals surface area contributed by atoms with Gasteiger partial charge in [0.25, 0.3) is 0 Å². The van der Waals surface area contributed by atoms with Gasteiger partial charge in [-0.1, -0.05) is 31.9 Å². The number of carbonyl (C=O) groups excluding carboxylic acids is 1. The number of nitrogens with one attached hydrogen (secondary N) is 1. The number of cyclic esters (lactones) is 1. The minimum absolute atomic E-state index is 0.0787. The number of hydrogen-bond acceptors (Lipinski definition) is 7. The number of aromatic nitrogens is 2. The number of ether oxygens (including phenoxy) is 2. The third kappa shape index (κ3) is 5.84. The van der Waals surface area contributed by atoms with E-state index < -0.39 is 22.8 Å². The first-order valence-corrected chi connectivity index (χ1v) is 15.3. The first-order valence-electron chi connectivity index (χ1n) is 15.3. The molecule has 2 unspecified atom stereocenters. The summed E-state index contributed by atoms with van der Waals surface area (Å²) in [7, 11) is 1.89. The van der Waals surface area contributed by atoms with Gasteiger partial charge in [-0.15, -0.1) is 0 Å². The minimum atomic E-state index is -0.926. The molecule has 0 amide bonds. The third-order valence-corrected chi connectivity index (χ3v) is 9.48. The summed E-state index contributed by atoms with van der Waals surface area (Å²) >= 11 is 0. The summed E-state index contributed by atoms with van der Waals surface area (Å²) in [4.78, 5) is 13.7. The fraction of sp³-hybridized carbons (Fsp3) is 0.606. The molecule has 226 valence electrons. The standard InChI is InChI=1S/C33H43FN4O4/c1-5-27-23(30(38(4)37-27)29-19-36-14-15-41-29)17-24-28(39)18-33(42-31(24)40,22-8-6-7-9-22)13-12-21-10-11-25(26(34)16-21)32(2,3)20-35/h10-11,16,22,29,36,39H,5-9,12-15,17-19H2,1-4H3. The lowest BCUT2D eigenvalue weighted by atomic mass is 9.76. The molecule has 9 heteroatoms. The molecule has 1 saturated heterocycles. The fourth-order valence-electron chi connectivity index (χ4n) is 7.06. The lowest BCUT2D eigenvalue weighted by Crippen LogP contribution is -2.46. The molecule has 8 nitrogen and oxygen atoms in total. The summed E-state index contributed by atoms with van der Waals surface area (Å²) in [6, 6.07) is 7.18. The van der Waals surface area contributed by atoms with E-state index in [0.717, 1.165) is 54.7 Å². The van der Waals surface area contributed by atoms with E-state index in [2.05, 4.69) is 11.4 Å². The second-order valence-electron chi connectivity index (χ2n) is 12.6. The summed E-state index contributed by atoms with van der Waals surface area (Å²) in [6.07, 6.45) is 5.95. The van der Waals surface area contributed by atoms with Crippen LogP contribution in [0, 0.1) is 23.1 Å². The van der Waals surface area contributed by atoms with Crippen molar-refractivity contribution in [1.29, 1.82) is 5.26 Å². The number of aryl methyl sites for hydroxylation is 3. The lowest BCUT2D eigenvalue weighted by molar-refractivity contribution is -0.167. The summed E-state index contributed by atoms with van der Waals surface area (Å²) < 4.78 is 29.2. The molecule has 3 heterocycles. The van der Waals surface area contributed by atoms with Crippen molar-refractivity contribution in [3.05, 3.63) is 63.4 Å². The molecule has 2 atom stereocenters. The quantitative estimate of drug-likeness (QED) is 0.381. The van der Waals surface area contributed by atoms with Crippen molar-refractivity contribution < 1.29 is 23.8 Å². The molecule has 1 aromatic heterocycles. The first kappa shape index (κ1) is 30.2. The molecule has 0 spiro atoms. The van der Waals surface area contributed by atoms with Crippen LogP contribution in [0.2, 0.25) is 0 Å². The van der Waals surface area contributed by atoms with Crippen LogP contribution in [0.4, 0.5) is 4.39 Å². The molecule has 0 bridgehead atoms. The zero-order valence-corrected chi connectivity index (χ0v) is 25.3. The Morgan fingerprint density at radius 2 is 2.07 bits per heavy atom. The SMILES string of the molecule is CCc1nn(C)c(C2CNCCO2)c1CC1=C(O)CC(CCc2ccc(C(C)(C)C#N)c(F)c2)(C2CCCC2)OC1=O. The van der Waals surface area contributed by atoms with Gasteiger partial charge in [-0.3, -0.25) is 4.68 Å². The van der Waals surface area contributed by atoms with Crippen LogP contribution < -0.4 is 5.32 Å². The van der Waals surface area contributed by atoms with E-state index in [4.69, 9.17) is 14.6 Å². The maximum Gasteiger partial charge on any atom is 0.338 e. The number of nitriles is 1. The molecule has 1 aliphatic carbocycles. The van der Waals surface area contributed by atoms with Crippen LogP contribution in [-0.4, -0.2) is 46.2 Å². The number of halogens is 1. The molecule has 0 radical (unpaired) electrons. The molecule has 1 saturated carbocycles. The largest absolute Gasteiger partial charge is 0.512 e. The zero-order chi connectivity index (χ0) is 30.1. The highest BCUT2D eigenvalue weighted by atomic mass is 19.1. The van der Waals surface area contributed by atoms with Gasteiger partial charge in [0.15, 0.2) is 0 Å². The minimum Gasteiger partial charge on any atom is -0.512 e. The van der Waals surface area contributed by atoms with Gasteiger partial charge in [-0.05, 0) is 63.5 Å². The monoisotopic (exact) mass is 578 g/mol. The van der Waals surface area contributed by atoms with E-state index in [-0.39, 0.29) is 36.2 Å². The van der Waals surface area contributed by atoms with Crippen molar-refractivity contribution >= 4 is 5.97 Å². The Morgan fingerprint density at radius 1 is 1.31 bits per heavy atom. The van der Waals surface area contributed by atoms with Crippen LogP contribution in [0.1, 0.15) is 93.5 Å². The molecular weight excluding hydrogens is 535 g/mol. The van der Waals surface area contributed by atoms with Crippen molar-refractivity contribution in [3.63, 3.8) is 0 Å². The Hall–Kier alpha value is -3.22. The molecular formula is C33H43FN4O4. The Morgan fingerprint density at radius 3 is 2.69 bits per heavy atom. The van der Waals surface area contributed by atoms with Gasteiger partial charge in [-0.2, -0.15) is 10.4 Å². The van der Waals surface area contributed by atoms with Gasteiger partial charge in [0, 0.05) is 44.1 Å². The highest BCUT2D eigenvalue weighted by molar-refractivity contribution is 5.91. The van der Waals surface area contributed by atoms with E-state index in [9.17, 15) is 15.2 Å². The van der Waals surface area contributed by atoms with E-state index in [0.29, 0.717) is 38.0 Å². The zero-order valence-electron chi connectivity index (χ0n) is 25.3. The highest BCUT2D eigenvalue weighted by Gasteiger charge is 2.48. The fourth-order valence-corrected chi connectivity index (χ4v) is 7.06. The lowest BCUT2D eigenvalue weighted by Gasteiger charge is -2.42. The Balaban J connectivity index is 1.41. The van der Waals surface area contributed by atoms with Crippen LogP contribution in [0.5, 0.6) is 0 Å². The Labute approximate surface area is 247 Å². The highest BCUT2D eigenvalue weighted by Crippen LogP contribution is 2.46. The molecule has 42 heavy (non-hydrogen) atoms. The third-order valence-electron chi connectivity index (χ3n) is 9.48. The summed E-state index contributed by atoms with van der Waals surface area (Å²) in [5.74, 6) is -0.679. The number of benzene rings is 1. The van der Waals surface area contributed by atoms with E-state index in [1.54, 1.807) is 19.9 Å². The number of nitrogens with zero attached hydrogens (tertiary/aromatic N) is 3. The summed E-state index contributed by atoms with van der Waals surface area (Å²) in [5, 5.41) is 29.0. The molecule has 5 rings (SSSR count). The van der Waals surface area contributed by atoms with Gasteiger partial charge in [0.2, 0.25) is 0 Å². The van der Waals surface area contributed by atoms with Crippen molar-refractivity contribution in [3.8, 4) is 6.07 Å². The smallest absolute Gasteiger partial charge is 0.338 e. The van der Waals surface area contributed by atoms with Crippen LogP contribution in [-0.2, 0) is 46.0 Å². The second kappa shape index (κ2) is 12.2. The second-order valence-corrected chi connectivity index (χ2v) is 12.6. The van der Waals surface area contributed by atoms with E-state index >= 15 is 4.39 Å². The van der Waals surface area contributed by atoms with Gasteiger partial charge in [0.05, 0.1) is 35.1 Å². The number of hydrogen-bond donors (Lipinski definition) is 2. The van der Waals surface area contributed by atoms with Gasteiger partial charge >= 0.3 is 5.97 Å². The van der Waals surface area contributed by atoms with Crippen LogP contribution in [0.15, 0.2) is 29.5 Å². The van der Waals surface area contributed by atoms with Gasteiger partial charge in [-0.25, -0.2) is 9.18 Å². The molecule has 2 fully saturated rings. The predicted molar refractivity (Wildman–Crippen MR) is 156 cm³/mol. The normalized spacial score (nSPS) is 23.7. The summed E-state index contributed by atoms with van der Waals surface area (Å²) in [6.45, 7) is 7.48. The Bertz CT molecular complexity index is 1400. The number of rotatable bonds is 9. The predicted octanol–water partition coefficient (Wildman–Crippen LogP) is 5.45. The van der Waals surface area contributed by atoms with Crippen LogP contribution >= 0.6 is 0 Å². The molecule has 2 N–H and O–H groups in total. The number of aliphatic hydroxyl groups excluding tert-OH is 1. The van der Waals surface area contributed by atoms with Crippen molar-refractivity contribution in [2.75, 3.05) is 19.7 Å². The van der Waals surface area contributed by atoms with Gasteiger partial charge < -0.3 is 19.9 Å². The average molecular weight is 579 g/mol. The number of esters is 1. The topological polar surface area (TPSA) is 109 Å². The summed E-state index contributed by atoms with van der Waals surface area (Å²) in [5.41, 5.74) is 2.37. The first-order chi connectivity index (χ1) is 20.1. The van der Waals surface area contributed by atoms with E-state index in [1.807, 2.05) is 24.7 Å². The van der Waals surface area contributed by atoms with Crippen molar-refractivity contribution in [1.82, 2.24) is 15.1 Å². The van der Waals surface area contributed by atoms with Crippen molar-refractivity contribution in [2.45, 2.75) is 95.7 Å². The number of aliphatic hydroxyl groups is 1. The number of morpholine rings is 1. The van der Waals surface area contributed by atoms with Crippen molar-refractivity contribution in [2.24, 2.45) is 13.0 Å². The molecule has 3 aliphatic rings. The van der Waals surface area contributed by atoms with E-state index in [1.165, 1.54) is 6.07 Å². The molecule has 2 aromatic rings. The Kier molecular flexibility index (Phi) is 8.77. The molecule has 1 aromatic carbocycles. The van der Waals surface area contributed by atoms with Crippen LogP contribution in [0.25, 0.3) is 0 Å². The molecule has 2 aliphatic heterocycles. The number of carbonyl (C=O) groups is 1. The maximum atomic E-state index is 15.0. The maximum absolute atomic E-state index is 15.0. The average Bonchev–Trinajstić information content (AvgIpc) is 3.63. The van der Waals surface area contributed by atoms with Gasteiger partial charge in [0.1, 0.15) is 23.3 Å². The van der Waals surface area contributed by atoms with Crippen LogP contribution in [0.3, 0.4) is 0 Å².